The predicted octanol–water partition coefficient (Wildman–Crippen LogP) is 5.00. The molecule has 0 unspecified atom stereocenters. The summed E-state index contributed by atoms with van der Waals surface area (Å²) in [7, 11) is 1.40. The maximum absolute atomic E-state index is 13.1. The molecule has 4 rings (SSSR count). The van der Waals surface area contributed by atoms with Gasteiger partial charge in [0.05, 0.1) is 31.1 Å². The molecule has 2 heterocycles. The largest absolute Gasteiger partial charge is 0.465 e. The average Bonchev–Trinajstić information content (AvgIpc) is 3.25. The fraction of sp³-hybridized carbons (Fsp3) is 0.318. The van der Waals surface area contributed by atoms with Crippen LogP contribution in [0.5, 0.6) is 0 Å². The maximum Gasteiger partial charge on any atom is 0.341 e. The molecule has 9 heteroatoms. The number of thiophene rings is 1. The Morgan fingerprint density at radius 3 is 2.77 bits per heavy atom. The van der Waals surface area contributed by atoms with E-state index in [9.17, 15) is 9.18 Å². The maximum atomic E-state index is 13.1. The Bertz CT molecular complexity index is 1090. The van der Waals surface area contributed by atoms with Crippen molar-refractivity contribution in [1.29, 1.82) is 0 Å². The first kappa shape index (κ1) is 21.5. The van der Waals surface area contributed by atoms with Crippen LogP contribution in [0.1, 0.15) is 45.6 Å². The summed E-state index contributed by atoms with van der Waals surface area (Å²) in [5.74, 6) is -0.600. The molecule has 2 aromatic heterocycles. The Kier molecular flexibility index (Phi) is 6.62. The lowest BCUT2D eigenvalue weighted by molar-refractivity contribution is 0.0601. The second-order valence-electron chi connectivity index (χ2n) is 7.39. The van der Waals surface area contributed by atoms with Gasteiger partial charge in [-0.3, -0.25) is 4.68 Å². The highest BCUT2D eigenvalue weighted by Crippen LogP contribution is 2.38. The molecule has 0 saturated heterocycles. The molecule has 0 fully saturated rings. The normalized spacial score (nSPS) is 13.2. The molecular formula is C22H23FN4O2S2. The molecule has 6 nitrogen and oxygen atoms in total. The highest BCUT2D eigenvalue weighted by atomic mass is 32.1. The van der Waals surface area contributed by atoms with E-state index in [2.05, 4.69) is 15.7 Å². The number of aromatic nitrogens is 2. The van der Waals surface area contributed by atoms with E-state index in [1.165, 1.54) is 30.5 Å². The van der Waals surface area contributed by atoms with E-state index in [4.69, 9.17) is 17.0 Å². The molecule has 1 aromatic carbocycles. The lowest BCUT2D eigenvalue weighted by Crippen LogP contribution is -2.20. The van der Waals surface area contributed by atoms with E-state index < -0.39 is 0 Å². The summed E-state index contributed by atoms with van der Waals surface area (Å²) < 4.78 is 19.8. The molecule has 1 aliphatic carbocycles. The summed E-state index contributed by atoms with van der Waals surface area (Å²) in [6, 6.07) is 6.31. The lowest BCUT2D eigenvalue weighted by atomic mass is 10.1. The summed E-state index contributed by atoms with van der Waals surface area (Å²) in [6.07, 6.45) is 8.72. The Morgan fingerprint density at radius 1 is 1.23 bits per heavy atom. The molecule has 1 aliphatic rings. The van der Waals surface area contributed by atoms with Gasteiger partial charge in [-0.05, 0) is 61.2 Å². The second-order valence-corrected chi connectivity index (χ2v) is 8.91. The number of nitrogens with zero attached hydrogens (tertiary/aromatic N) is 2. The molecule has 0 amide bonds. The Labute approximate surface area is 189 Å². The SMILES string of the molecule is COC(=O)c1c(NC(=S)Nc2cnn(Cc3ccc(F)cc3)c2)sc2c1CCCCC2. The smallest absolute Gasteiger partial charge is 0.341 e. The van der Waals surface area contributed by atoms with E-state index in [1.807, 2.05) is 6.20 Å². The van der Waals surface area contributed by atoms with Crippen molar-refractivity contribution in [2.24, 2.45) is 0 Å². The number of aryl methyl sites for hydroxylation is 1. The predicted molar refractivity (Wildman–Crippen MR) is 124 cm³/mol. The fourth-order valence-corrected chi connectivity index (χ4v) is 5.27. The van der Waals surface area contributed by atoms with Gasteiger partial charge in [0.2, 0.25) is 0 Å². The Balaban J connectivity index is 1.45. The van der Waals surface area contributed by atoms with Crippen molar-refractivity contribution in [2.45, 2.75) is 38.6 Å². The van der Waals surface area contributed by atoms with E-state index in [0.29, 0.717) is 17.2 Å². The van der Waals surface area contributed by atoms with Crippen LogP contribution in [0.2, 0.25) is 0 Å². The van der Waals surface area contributed by atoms with Crippen LogP contribution >= 0.6 is 23.6 Å². The molecule has 162 valence electrons. The van der Waals surface area contributed by atoms with E-state index >= 15 is 0 Å². The number of esters is 1. The number of thiocarbonyl (C=S) groups is 1. The van der Waals surface area contributed by atoms with Gasteiger partial charge in [-0.15, -0.1) is 11.3 Å². The van der Waals surface area contributed by atoms with Crippen LogP contribution in [-0.4, -0.2) is 28.0 Å². The minimum Gasteiger partial charge on any atom is -0.465 e. The molecule has 0 atom stereocenters. The standard InChI is InChI=1S/C22H23FN4O2S2/c1-29-21(28)19-17-5-3-2-4-6-18(17)31-20(19)26-22(30)25-16-11-24-27(13-16)12-14-7-9-15(23)10-8-14/h7-11,13H,2-6,12H2,1H3,(H2,25,26,30). The molecule has 31 heavy (non-hydrogen) atoms. The first-order valence-electron chi connectivity index (χ1n) is 10.1. The van der Waals surface area contributed by atoms with Crippen LogP contribution in [0.15, 0.2) is 36.7 Å². The number of anilines is 2. The molecular weight excluding hydrogens is 435 g/mol. The van der Waals surface area contributed by atoms with Gasteiger partial charge >= 0.3 is 5.97 Å². The number of benzene rings is 1. The molecule has 0 aliphatic heterocycles. The van der Waals surface area contributed by atoms with Gasteiger partial charge in [-0.25, -0.2) is 9.18 Å². The van der Waals surface area contributed by atoms with Crippen LogP contribution in [-0.2, 0) is 24.1 Å². The van der Waals surface area contributed by atoms with Crippen molar-refractivity contribution in [2.75, 3.05) is 17.7 Å². The van der Waals surface area contributed by atoms with Gasteiger partial charge < -0.3 is 15.4 Å². The minimum absolute atomic E-state index is 0.264. The fourth-order valence-electron chi connectivity index (χ4n) is 3.71. The number of nitrogens with one attached hydrogen (secondary N) is 2. The van der Waals surface area contributed by atoms with Crippen molar-refractivity contribution in [3.8, 4) is 0 Å². The molecule has 2 N–H and O–H groups in total. The summed E-state index contributed by atoms with van der Waals surface area (Å²) in [5.41, 5.74) is 3.35. The number of methoxy groups -OCH3 is 1. The van der Waals surface area contributed by atoms with Crippen molar-refractivity contribution in [3.05, 3.63) is 64.0 Å². The van der Waals surface area contributed by atoms with E-state index in [0.717, 1.165) is 47.5 Å². The Hall–Kier alpha value is -2.78. The number of fused-ring (bicyclic) bond motifs is 1. The van der Waals surface area contributed by atoms with Gasteiger partial charge in [0.1, 0.15) is 10.8 Å². The minimum atomic E-state index is -0.336. The highest BCUT2D eigenvalue weighted by molar-refractivity contribution is 7.80. The Morgan fingerprint density at radius 2 is 2.00 bits per heavy atom. The number of halogens is 1. The summed E-state index contributed by atoms with van der Waals surface area (Å²) in [4.78, 5) is 13.7. The average molecular weight is 459 g/mol. The molecule has 0 spiro atoms. The number of rotatable bonds is 5. The van der Waals surface area contributed by atoms with E-state index in [-0.39, 0.29) is 11.8 Å². The third-order valence-electron chi connectivity index (χ3n) is 5.19. The first-order chi connectivity index (χ1) is 15.0. The van der Waals surface area contributed by atoms with Crippen molar-refractivity contribution in [3.63, 3.8) is 0 Å². The molecule has 3 aromatic rings. The van der Waals surface area contributed by atoms with Crippen LogP contribution in [0.4, 0.5) is 15.1 Å². The molecule has 0 bridgehead atoms. The summed E-state index contributed by atoms with van der Waals surface area (Å²) in [6.45, 7) is 0.520. The number of carbonyl (C=O) groups excluding carboxylic acids is 1. The van der Waals surface area contributed by atoms with Crippen molar-refractivity contribution in [1.82, 2.24) is 9.78 Å². The topological polar surface area (TPSA) is 68.2 Å². The zero-order chi connectivity index (χ0) is 21.8. The molecule has 0 radical (unpaired) electrons. The number of carbonyl (C=O) groups is 1. The van der Waals surface area contributed by atoms with Gasteiger partial charge in [0, 0.05) is 11.1 Å². The monoisotopic (exact) mass is 458 g/mol. The van der Waals surface area contributed by atoms with Gasteiger partial charge in [-0.1, -0.05) is 18.6 Å². The number of hydrogen-bond acceptors (Lipinski definition) is 5. The van der Waals surface area contributed by atoms with Crippen molar-refractivity contribution >= 4 is 45.3 Å². The quantitative estimate of drug-likeness (QED) is 0.319. The summed E-state index contributed by atoms with van der Waals surface area (Å²) >= 11 is 7.05. The van der Waals surface area contributed by atoms with Crippen molar-refractivity contribution < 1.29 is 13.9 Å². The van der Waals surface area contributed by atoms with Gasteiger partial charge in [0.15, 0.2) is 5.11 Å². The van der Waals surface area contributed by atoms with Gasteiger partial charge in [0.25, 0.3) is 0 Å². The van der Waals surface area contributed by atoms with Gasteiger partial charge in [-0.2, -0.15) is 5.10 Å². The molecule has 0 saturated carbocycles. The highest BCUT2D eigenvalue weighted by Gasteiger charge is 2.25. The zero-order valence-electron chi connectivity index (χ0n) is 17.1. The van der Waals surface area contributed by atoms with Crippen LogP contribution < -0.4 is 10.6 Å². The second kappa shape index (κ2) is 9.57. The summed E-state index contributed by atoms with van der Waals surface area (Å²) in [5, 5.41) is 11.7. The first-order valence-corrected chi connectivity index (χ1v) is 11.3. The lowest BCUT2D eigenvalue weighted by Gasteiger charge is -2.10. The zero-order valence-corrected chi connectivity index (χ0v) is 18.7. The van der Waals surface area contributed by atoms with Crippen LogP contribution in [0.3, 0.4) is 0 Å². The number of hydrogen-bond donors (Lipinski definition) is 2. The third kappa shape index (κ3) is 5.11. The van der Waals surface area contributed by atoms with Crippen LogP contribution in [0.25, 0.3) is 0 Å². The van der Waals surface area contributed by atoms with E-state index in [1.54, 1.807) is 34.3 Å². The van der Waals surface area contributed by atoms with Crippen LogP contribution in [0, 0.1) is 5.82 Å². The number of ether oxygens (including phenoxy) is 1. The third-order valence-corrected chi connectivity index (χ3v) is 6.60.